The zero-order chi connectivity index (χ0) is 16.8. The number of benzene rings is 1. The number of hydrogen-bond acceptors (Lipinski definition) is 6. The molecule has 0 saturated carbocycles. The highest BCUT2D eigenvalue weighted by Gasteiger charge is 2.38. The first-order valence-electron chi connectivity index (χ1n) is 7.88. The zero-order valence-electron chi connectivity index (χ0n) is 13.0. The molecule has 0 unspecified atom stereocenters. The van der Waals surface area contributed by atoms with E-state index in [1.54, 1.807) is 11.2 Å². The van der Waals surface area contributed by atoms with Gasteiger partial charge in [-0.25, -0.2) is 15.0 Å². The number of aromatic amines is 1. The number of aromatic nitrogens is 4. The second-order valence-corrected chi connectivity index (χ2v) is 5.80. The Labute approximate surface area is 141 Å². The van der Waals surface area contributed by atoms with Gasteiger partial charge in [-0.1, -0.05) is 12.1 Å². The molecule has 1 aliphatic rings. The molecule has 8 heteroatoms. The molecule has 0 spiro atoms. The minimum atomic E-state index is -0.514. The van der Waals surface area contributed by atoms with E-state index >= 15 is 0 Å². The third-order valence-electron chi connectivity index (χ3n) is 4.37. The predicted molar refractivity (Wildman–Crippen MR) is 85.7 cm³/mol. The van der Waals surface area contributed by atoms with E-state index in [1.807, 2.05) is 24.3 Å². The standard InChI is InChI=1S/C17H13N5O3/c23-17(13-7-18-9-24-13)22-6-5-11-14(20-8-19-11)15(22)16-21-10-3-1-2-4-12(10)25-16/h1-4,7-9,15H,5-6H2,(H,19,20)/t15-/m0/s1. The van der Waals surface area contributed by atoms with E-state index in [1.165, 1.54) is 12.6 Å². The van der Waals surface area contributed by atoms with Gasteiger partial charge >= 0.3 is 0 Å². The maximum absolute atomic E-state index is 12.9. The number of hydrogen-bond donors (Lipinski definition) is 1. The number of oxazole rings is 2. The topological polar surface area (TPSA) is 101 Å². The summed E-state index contributed by atoms with van der Waals surface area (Å²) in [5.41, 5.74) is 3.14. The van der Waals surface area contributed by atoms with Crippen LogP contribution in [0.2, 0.25) is 0 Å². The molecule has 0 bridgehead atoms. The van der Waals surface area contributed by atoms with Crippen molar-refractivity contribution < 1.29 is 13.6 Å². The Balaban J connectivity index is 1.64. The van der Waals surface area contributed by atoms with Gasteiger partial charge in [-0.3, -0.25) is 4.79 Å². The Kier molecular flexibility index (Phi) is 2.96. The third-order valence-corrected chi connectivity index (χ3v) is 4.37. The highest BCUT2D eigenvalue weighted by atomic mass is 16.4. The summed E-state index contributed by atoms with van der Waals surface area (Å²) in [6.45, 7) is 0.498. The number of rotatable bonds is 2. The van der Waals surface area contributed by atoms with E-state index in [0.717, 1.165) is 16.9 Å². The number of para-hydroxylation sites is 2. The summed E-state index contributed by atoms with van der Waals surface area (Å²) in [5, 5.41) is 0. The summed E-state index contributed by atoms with van der Waals surface area (Å²) in [6, 6.07) is 6.99. The largest absolute Gasteiger partial charge is 0.438 e. The lowest BCUT2D eigenvalue weighted by atomic mass is 10.0. The molecule has 0 saturated heterocycles. The van der Waals surface area contributed by atoms with Gasteiger partial charge in [-0.15, -0.1) is 0 Å². The SMILES string of the molecule is O=C(c1cnco1)N1CCc2[nH]cnc2[C@H]1c1nc2ccccc2o1. The molecule has 3 aromatic heterocycles. The monoisotopic (exact) mass is 335 g/mol. The van der Waals surface area contributed by atoms with Crippen molar-refractivity contribution >= 4 is 17.0 Å². The molecule has 0 aliphatic carbocycles. The minimum absolute atomic E-state index is 0.181. The highest BCUT2D eigenvalue weighted by molar-refractivity contribution is 5.91. The van der Waals surface area contributed by atoms with Crippen molar-refractivity contribution in [2.24, 2.45) is 0 Å². The summed E-state index contributed by atoms with van der Waals surface area (Å²) in [5.74, 6) is 0.348. The highest BCUT2D eigenvalue weighted by Crippen LogP contribution is 2.35. The van der Waals surface area contributed by atoms with Gasteiger partial charge in [-0.2, -0.15) is 0 Å². The van der Waals surface area contributed by atoms with E-state index in [4.69, 9.17) is 8.83 Å². The van der Waals surface area contributed by atoms with Crippen molar-refractivity contribution in [2.45, 2.75) is 12.5 Å². The minimum Gasteiger partial charge on any atom is -0.438 e. The molecule has 1 amide bonds. The van der Waals surface area contributed by atoms with Crippen LogP contribution in [0.5, 0.6) is 0 Å². The van der Waals surface area contributed by atoms with Crippen LogP contribution < -0.4 is 0 Å². The van der Waals surface area contributed by atoms with Crippen molar-refractivity contribution in [3.63, 3.8) is 0 Å². The first kappa shape index (κ1) is 14.0. The molecule has 1 N–H and O–H groups in total. The van der Waals surface area contributed by atoms with E-state index in [0.29, 0.717) is 24.4 Å². The molecule has 4 heterocycles. The molecule has 1 aromatic carbocycles. The second kappa shape index (κ2) is 5.30. The van der Waals surface area contributed by atoms with E-state index in [9.17, 15) is 4.79 Å². The smallest absolute Gasteiger partial charge is 0.292 e. The Morgan fingerprint density at radius 3 is 3.08 bits per heavy atom. The molecule has 4 aromatic rings. The zero-order valence-corrected chi connectivity index (χ0v) is 13.0. The van der Waals surface area contributed by atoms with Crippen LogP contribution in [-0.2, 0) is 6.42 Å². The predicted octanol–water partition coefficient (Wildman–Crippen LogP) is 2.33. The van der Waals surface area contributed by atoms with E-state index < -0.39 is 6.04 Å². The van der Waals surface area contributed by atoms with Gasteiger partial charge in [0, 0.05) is 18.7 Å². The number of carbonyl (C=O) groups excluding carboxylic acids is 1. The summed E-state index contributed by atoms with van der Waals surface area (Å²) >= 11 is 0. The molecule has 124 valence electrons. The normalized spacial score (nSPS) is 17.0. The summed E-state index contributed by atoms with van der Waals surface area (Å²) in [6.07, 6.45) is 4.95. The van der Waals surface area contributed by atoms with Crippen LogP contribution in [0.25, 0.3) is 11.1 Å². The Morgan fingerprint density at radius 2 is 2.24 bits per heavy atom. The van der Waals surface area contributed by atoms with Crippen LogP contribution >= 0.6 is 0 Å². The van der Waals surface area contributed by atoms with E-state index in [-0.39, 0.29) is 11.7 Å². The van der Waals surface area contributed by atoms with Gasteiger partial charge in [0.2, 0.25) is 11.7 Å². The molecule has 0 radical (unpaired) electrons. The second-order valence-electron chi connectivity index (χ2n) is 5.80. The van der Waals surface area contributed by atoms with Crippen LogP contribution in [0, 0.1) is 0 Å². The van der Waals surface area contributed by atoms with Gasteiger partial charge in [-0.05, 0) is 12.1 Å². The number of H-pyrrole nitrogens is 1. The molecule has 5 rings (SSSR count). The number of fused-ring (bicyclic) bond motifs is 2. The first-order valence-corrected chi connectivity index (χ1v) is 7.88. The van der Waals surface area contributed by atoms with Crippen LogP contribution in [0.15, 0.2) is 52.0 Å². The van der Waals surface area contributed by atoms with Crippen LogP contribution in [0.3, 0.4) is 0 Å². The van der Waals surface area contributed by atoms with Crippen molar-refractivity contribution in [3.05, 3.63) is 66.2 Å². The molecular formula is C17H13N5O3. The number of nitrogens with one attached hydrogen (secondary N) is 1. The summed E-state index contributed by atoms with van der Waals surface area (Å²) < 4.78 is 11.1. The van der Waals surface area contributed by atoms with Crippen LogP contribution in [-0.4, -0.2) is 37.3 Å². The number of amides is 1. The summed E-state index contributed by atoms with van der Waals surface area (Å²) in [7, 11) is 0. The fourth-order valence-corrected chi connectivity index (χ4v) is 3.22. The fourth-order valence-electron chi connectivity index (χ4n) is 3.22. The quantitative estimate of drug-likeness (QED) is 0.603. The van der Waals surface area contributed by atoms with Gasteiger partial charge in [0.25, 0.3) is 5.91 Å². The average Bonchev–Trinajstić information content (AvgIpc) is 3.39. The number of nitrogens with zero attached hydrogens (tertiary/aromatic N) is 4. The van der Waals surface area contributed by atoms with Gasteiger partial charge < -0.3 is 18.7 Å². The maximum Gasteiger partial charge on any atom is 0.292 e. The van der Waals surface area contributed by atoms with Crippen molar-refractivity contribution in [3.8, 4) is 0 Å². The molecule has 1 atom stereocenters. The van der Waals surface area contributed by atoms with Crippen molar-refractivity contribution in [1.82, 2.24) is 24.8 Å². The molecule has 25 heavy (non-hydrogen) atoms. The lowest BCUT2D eigenvalue weighted by molar-refractivity contribution is 0.0635. The number of imidazole rings is 1. The molecular weight excluding hydrogens is 322 g/mol. The van der Waals surface area contributed by atoms with E-state index in [2.05, 4.69) is 19.9 Å². The van der Waals surface area contributed by atoms with Crippen molar-refractivity contribution in [1.29, 1.82) is 0 Å². The van der Waals surface area contributed by atoms with Crippen LogP contribution in [0.1, 0.15) is 33.9 Å². The molecule has 1 aliphatic heterocycles. The van der Waals surface area contributed by atoms with Crippen molar-refractivity contribution in [2.75, 3.05) is 6.54 Å². The summed E-state index contributed by atoms with van der Waals surface area (Å²) in [4.78, 5) is 30.5. The van der Waals surface area contributed by atoms with Gasteiger partial charge in [0.15, 0.2) is 18.0 Å². The van der Waals surface area contributed by atoms with Crippen LogP contribution in [0.4, 0.5) is 0 Å². The Hall–Kier alpha value is -3.42. The third kappa shape index (κ3) is 2.14. The number of carbonyl (C=O) groups is 1. The van der Waals surface area contributed by atoms with Gasteiger partial charge in [0.1, 0.15) is 5.52 Å². The Bertz CT molecular complexity index is 1020. The maximum atomic E-state index is 12.9. The Morgan fingerprint density at radius 1 is 1.32 bits per heavy atom. The lowest BCUT2D eigenvalue weighted by Gasteiger charge is -2.32. The fraction of sp³-hybridized carbons (Fsp3) is 0.176. The molecule has 8 nitrogen and oxygen atoms in total. The van der Waals surface area contributed by atoms with Gasteiger partial charge in [0.05, 0.1) is 18.2 Å². The molecule has 0 fully saturated rings. The average molecular weight is 335 g/mol. The lowest BCUT2D eigenvalue weighted by Crippen LogP contribution is -2.40. The first-order chi connectivity index (χ1) is 12.3.